The number of carbonyl (C=O) groups excluding carboxylic acids is 1. The maximum atomic E-state index is 12.9. The number of anilines is 1. The molecule has 1 aromatic carbocycles. The molecule has 0 saturated carbocycles. The largest absolute Gasteiger partial charge is 0.323 e. The molecule has 2 bridgehead atoms. The maximum absolute atomic E-state index is 12.9. The number of hydrogen-bond donors (Lipinski definition) is 1. The van der Waals surface area contributed by atoms with Gasteiger partial charge in [0.2, 0.25) is 0 Å². The number of nitrogens with one attached hydrogen (secondary N) is 1. The molecule has 2 unspecified atom stereocenters. The number of nitrogens with zero attached hydrogens (tertiary/aromatic N) is 5. The van der Waals surface area contributed by atoms with E-state index >= 15 is 0 Å². The molecule has 2 aliphatic heterocycles. The predicted octanol–water partition coefficient (Wildman–Crippen LogP) is 3.00. The molecule has 2 aliphatic rings. The highest BCUT2D eigenvalue weighted by Crippen LogP contribution is 2.30. The van der Waals surface area contributed by atoms with Crippen LogP contribution in [0.5, 0.6) is 0 Å². The van der Waals surface area contributed by atoms with E-state index in [9.17, 15) is 4.79 Å². The molecular weight excluding hydrogens is 352 g/mol. The van der Waals surface area contributed by atoms with Crippen LogP contribution in [0.25, 0.3) is 22.0 Å². The Labute approximate surface area is 163 Å². The van der Waals surface area contributed by atoms with Gasteiger partial charge in [-0.3, -0.25) is 5.32 Å². The van der Waals surface area contributed by atoms with Gasteiger partial charge in [0.1, 0.15) is 5.82 Å². The van der Waals surface area contributed by atoms with Gasteiger partial charge in [0.25, 0.3) is 0 Å². The van der Waals surface area contributed by atoms with Crippen LogP contribution in [0.3, 0.4) is 0 Å². The first-order valence-corrected chi connectivity index (χ1v) is 9.63. The number of likely N-dealkylation sites (tertiary alicyclic amines) is 1. The summed E-state index contributed by atoms with van der Waals surface area (Å²) in [6.45, 7) is 1.88. The highest BCUT2D eigenvalue weighted by molar-refractivity contribution is 5.93. The van der Waals surface area contributed by atoms with Crippen molar-refractivity contribution in [3.05, 3.63) is 48.8 Å². The van der Waals surface area contributed by atoms with Crippen molar-refractivity contribution in [1.82, 2.24) is 25.0 Å². The van der Waals surface area contributed by atoms with E-state index in [1.165, 1.54) is 0 Å². The van der Waals surface area contributed by atoms with E-state index in [1.807, 2.05) is 35.2 Å². The number of piperazine rings is 1. The van der Waals surface area contributed by atoms with Gasteiger partial charge in [-0.2, -0.15) is 10.2 Å². The Morgan fingerprint density at radius 3 is 2.68 bits per heavy atom. The summed E-state index contributed by atoms with van der Waals surface area (Å²) in [6, 6.07) is 12.3. The second kappa shape index (κ2) is 6.83. The molecule has 7 heteroatoms. The van der Waals surface area contributed by atoms with E-state index < -0.39 is 0 Å². The van der Waals surface area contributed by atoms with Gasteiger partial charge >= 0.3 is 6.03 Å². The van der Waals surface area contributed by atoms with E-state index in [4.69, 9.17) is 0 Å². The minimum atomic E-state index is -0.0440. The molecule has 2 saturated heterocycles. The van der Waals surface area contributed by atoms with E-state index in [2.05, 4.69) is 38.5 Å². The van der Waals surface area contributed by atoms with Gasteiger partial charge in [0.15, 0.2) is 0 Å². The average Bonchev–Trinajstić information content (AvgIpc) is 2.99. The smallest absolute Gasteiger partial charge is 0.316 e. The Morgan fingerprint density at radius 1 is 1.11 bits per heavy atom. The lowest BCUT2D eigenvalue weighted by molar-refractivity contribution is 0.111. The quantitative estimate of drug-likeness (QED) is 0.746. The summed E-state index contributed by atoms with van der Waals surface area (Å²) in [5.41, 5.74) is 1.81. The zero-order chi connectivity index (χ0) is 19.1. The summed E-state index contributed by atoms with van der Waals surface area (Å²) in [7, 11) is 2.13. The van der Waals surface area contributed by atoms with Crippen LogP contribution >= 0.6 is 0 Å². The number of fused-ring (bicyclic) bond motifs is 3. The third kappa shape index (κ3) is 3.07. The summed E-state index contributed by atoms with van der Waals surface area (Å²) in [5.74, 6) is 0.576. The Hall–Kier alpha value is -3.06. The Balaban J connectivity index is 1.39. The third-order valence-corrected chi connectivity index (χ3v) is 5.72. The molecule has 2 amide bonds. The maximum Gasteiger partial charge on any atom is 0.323 e. The fourth-order valence-corrected chi connectivity index (χ4v) is 4.44. The number of pyridine rings is 1. The average molecular weight is 374 g/mol. The topological polar surface area (TPSA) is 74.2 Å². The molecular formula is C21H22N6O. The Kier molecular flexibility index (Phi) is 4.16. The normalized spacial score (nSPS) is 21.8. The summed E-state index contributed by atoms with van der Waals surface area (Å²) in [5, 5.41) is 13.2. The van der Waals surface area contributed by atoms with Crippen LogP contribution in [0.1, 0.15) is 12.8 Å². The molecule has 0 spiro atoms. The zero-order valence-electron chi connectivity index (χ0n) is 15.7. The molecule has 142 valence electrons. The number of benzene rings is 1. The summed E-state index contributed by atoms with van der Waals surface area (Å²) < 4.78 is 0. The van der Waals surface area contributed by atoms with Crippen LogP contribution in [-0.4, -0.2) is 63.2 Å². The van der Waals surface area contributed by atoms with Crippen molar-refractivity contribution in [2.75, 3.05) is 25.5 Å². The molecule has 1 N–H and O–H groups in total. The Bertz CT molecular complexity index is 1010. The fourth-order valence-electron chi connectivity index (χ4n) is 4.44. The first kappa shape index (κ1) is 17.1. The number of aromatic nitrogens is 3. The van der Waals surface area contributed by atoms with Crippen LogP contribution in [0.4, 0.5) is 10.6 Å². The molecule has 0 radical (unpaired) electrons. The Morgan fingerprint density at radius 2 is 1.93 bits per heavy atom. The van der Waals surface area contributed by atoms with Crippen molar-refractivity contribution in [3.8, 4) is 11.3 Å². The second-order valence-electron chi connectivity index (χ2n) is 7.68. The molecule has 2 atom stereocenters. The first-order valence-electron chi connectivity index (χ1n) is 9.63. The van der Waals surface area contributed by atoms with Gasteiger partial charge in [0, 0.05) is 48.5 Å². The van der Waals surface area contributed by atoms with Crippen LogP contribution in [0, 0.1) is 0 Å². The van der Waals surface area contributed by atoms with Crippen molar-refractivity contribution < 1.29 is 4.79 Å². The number of likely N-dealkylation sites (N-methyl/N-ethyl adjacent to an activating group) is 1. The van der Waals surface area contributed by atoms with Gasteiger partial charge < -0.3 is 9.80 Å². The van der Waals surface area contributed by atoms with Gasteiger partial charge in [0.05, 0.1) is 5.69 Å². The number of carbonyl (C=O) groups is 1. The minimum Gasteiger partial charge on any atom is -0.316 e. The van der Waals surface area contributed by atoms with Gasteiger partial charge in [-0.1, -0.05) is 12.1 Å². The fraction of sp³-hybridized carbons (Fsp3) is 0.333. The van der Waals surface area contributed by atoms with Crippen molar-refractivity contribution >= 4 is 22.6 Å². The molecule has 5 rings (SSSR count). The molecule has 4 heterocycles. The number of rotatable bonds is 2. The lowest BCUT2D eigenvalue weighted by atomic mass is 10.1. The van der Waals surface area contributed by atoms with Crippen LogP contribution in [0.2, 0.25) is 0 Å². The molecule has 2 aromatic heterocycles. The van der Waals surface area contributed by atoms with E-state index in [-0.39, 0.29) is 6.03 Å². The monoisotopic (exact) mass is 374 g/mol. The minimum absolute atomic E-state index is 0.0440. The van der Waals surface area contributed by atoms with Gasteiger partial charge in [-0.25, -0.2) is 9.78 Å². The molecule has 0 aliphatic carbocycles. The molecule has 2 fully saturated rings. The standard InChI is InChI=1S/C21H22N6O/c1-26-12-17-6-7-18(13-26)27(17)21(28)24-20-10-16-9-14(4-5-15(16)11-22-20)19-3-2-8-23-25-19/h2-5,8-11,17-18H,6-7,12-13H2,1H3,(H,22,24,28). The molecule has 3 aromatic rings. The highest BCUT2D eigenvalue weighted by atomic mass is 16.2. The number of urea groups is 1. The third-order valence-electron chi connectivity index (χ3n) is 5.72. The van der Waals surface area contributed by atoms with Crippen LogP contribution in [0.15, 0.2) is 48.8 Å². The van der Waals surface area contributed by atoms with Gasteiger partial charge in [-0.05, 0) is 49.5 Å². The zero-order valence-corrected chi connectivity index (χ0v) is 15.7. The van der Waals surface area contributed by atoms with Crippen molar-refractivity contribution in [2.45, 2.75) is 24.9 Å². The predicted molar refractivity (Wildman–Crippen MR) is 108 cm³/mol. The number of hydrogen-bond acceptors (Lipinski definition) is 5. The second-order valence-corrected chi connectivity index (χ2v) is 7.68. The summed E-state index contributed by atoms with van der Waals surface area (Å²) in [6.07, 6.45) is 5.61. The van der Waals surface area contributed by atoms with E-state index in [1.54, 1.807) is 12.4 Å². The van der Waals surface area contributed by atoms with Crippen LogP contribution < -0.4 is 5.32 Å². The summed E-state index contributed by atoms with van der Waals surface area (Å²) in [4.78, 5) is 21.7. The highest BCUT2D eigenvalue weighted by Gasteiger charge is 2.41. The van der Waals surface area contributed by atoms with Crippen molar-refractivity contribution in [2.24, 2.45) is 0 Å². The van der Waals surface area contributed by atoms with Gasteiger partial charge in [-0.15, -0.1) is 0 Å². The van der Waals surface area contributed by atoms with Crippen molar-refractivity contribution in [1.29, 1.82) is 0 Å². The summed E-state index contributed by atoms with van der Waals surface area (Å²) >= 11 is 0. The van der Waals surface area contributed by atoms with Crippen molar-refractivity contribution in [3.63, 3.8) is 0 Å². The van der Waals surface area contributed by atoms with E-state index in [0.717, 1.165) is 48.0 Å². The number of amides is 2. The lowest BCUT2D eigenvalue weighted by Crippen LogP contribution is -2.55. The van der Waals surface area contributed by atoms with Crippen LogP contribution in [-0.2, 0) is 0 Å². The molecule has 7 nitrogen and oxygen atoms in total. The SMILES string of the molecule is CN1CC2CCC(C1)N2C(=O)Nc1cc2cc(-c3cccnn3)ccc2cn1. The molecule has 28 heavy (non-hydrogen) atoms. The lowest BCUT2D eigenvalue weighted by Gasteiger charge is -2.39. The van der Waals surface area contributed by atoms with E-state index in [0.29, 0.717) is 17.9 Å². The first-order chi connectivity index (χ1) is 13.7.